The van der Waals surface area contributed by atoms with E-state index >= 15 is 0 Å². The SMILES string of the molecule is CC(N)C1(CCO)CCC2CCC1O2. The summed E-state index contributed by atoms with van der Waals surface area (Å²) in [6, 6.07) is 0.124. The molecule has 4 atom stereocenters. The van der Waals surface area contributed by atoms with Gasteiger partial charge in [-0.05, 0) is 39.0 Å². The number of hydrogen-bond acceptors (Lipinski definition) is 3. The van der Waals surface area contributed by atoms with E-state index in [-0.39, 0.29) is 18.1 Å². The lowest BCUT2D eigenvalue weighted by molar-refractivity contribution is -0.102. The van der Waals surface area contributed by atoms with Crippen LogP contribution in [0.3, 0.4) is 0 Å². The van der Waals surface area contributed by atoms with Gasteiger partial charge in [0.05, 0.1) is 12.2 Å². The van der Waals surface area contributed by atoms with Gasteiger partial charge in [0.15, 0.2) is 0 Å². The molecule has 14 heavy (non-hydrogen) atoms. The first-order chi connectivity index (χ1) is 6.69. The van der Waals surface area contributed by atoms with Gasteiger partial charge in [0.1, 0.15) is 0 Å². The number of rotatable bonds is 3. The second-order valence-corrected chi connectivity index (χ2v) is 4.86. The van der Waals surface area contributed by atoms with Crippen molar-refractivity contribution < 1.29 is 9.84 Å². The molecule has 0 aromatic rings. The first kappa shape index (κ1) is 10.4. The second-order valence-electron chi connectivity index (χ2n) is 4.86. The normalized spacial score (nSPS) is 43.9. The molecule has 3 nitrogen and oxygen atoms in total. The van der Waals surface area contributed by atoms with Crippen molar-refractivity contribution in [3.8, 4) is 0 Å². The van der Waals surface area contributed by atoms with Gasteiger partial charge in [0.2, 0.25) is 0 Å². The molecule has 4 unspecified atom stereocenters. The van der Waals surface area contributed by atoms with Gasteiger partial charge in [0, 0.05) is 18.1 Å². The van der Waals surface area contributed by atoms with Crippen molar-refractivity contribution >= 4 is 0 Å². The molecular formula is C11H21NO2. The minimum atomic E-state index is 0.0434. The summed E-state index contributed by atoms with van der Waals surface area (Å²) in [7, 11) is 0. The summed E-state index contributed by atoms with van der Waals surface area (Å²) in [5, 5.41) is 9.15. The van der Waals surface area contributed by atoms with Crippen molar-refractivity contribution in [2.24, 2.45) is 11.1 Å². The van der Waals surface area contributed by atoms with Gasteiger partial charge in [0.25, 0.3) is 0 Å². The molecule has 2 aliphatic heterocycles. The average Bonchev–Trinajstić information content (AvgIpc) is 2.55. The zero-order valence-corrected chi connectivity index (χ0v) is 8.91. The lowest BCUT2D eigenvalue weighted by atomic mass is 9.69. The molecule has 3 N–H and O–H groups in total. The van der Waals surface area contributed by atoms with Crippen molar-refractivity contribution in [1.29, 1.82) is 0 Å². The highest BCUT2D eigenvalue weighted by Gasteiger charge is 2.49. The molecule has 2 aliphatic rings. The first-order valence-electron chi connectivity index (χ1n) is 5.71. The standard InChI is InChI=1S/C11H21NO2/c1-8(12)11(6-7-13)5-4-9-2-3-10(11)14-9/h8-10,13H,2-7,12H2,1H3. The maximum Gasteiger partial charge on any atom is 0.0651 e. The number of hydrogen-bond donors (Lipinski definition) is 2. The molecular weight excluding hydrogens is 178 g/mol. The Morgan fingerprint density at radius 2 is 2.29 bits per heavy atom. The molecule has 2 heterocycles. The van der Waals surface area contributed by atoms with Crippen LogP contribution in [0.25, 0.3) is 0 Å². The molecule has 0 saturated carbocycles. The van der Waals surface area contributed by atoms with Crippen LogP contribution >= 0.6 is 0 Å². The van der Waals surface area contributed by atoms with Crippen LogP contribution in [0.1, 0.15) is 39.0 Å². The smallest absolute Gasteiger partial charge is 0.0651 e. The maximum atomic E-state index is 9.15. The van der Waals surface area contributed by atoms with Gasteiger partial charge >= 0.3 is 0 Å². The molecule has 3 heteroatoms. The fourth-order valence-corrected chi connectivity index (χ4v) is 3.17. The van der Waals surface area contributed by atoms with Crippen molar-refractivity contribution in [3.63, 3.8) is 0 Å². The lowest BCUT2D eigenvalue weighted by Crippen LogP contribution is -2.51. The number of aliphatic hydroxyl groups is 1. The molecule has 0 aliphatic carbocycles. The Bertz CT molecular complexity index is 207. The van der Waals surface area contributed by atoms with Gasteiger partial charge in [-0.15, -0.1) is 0 Å². The molecule has 2 rings (SSSR count). The number of fused-ring (bicyclic) bond motifs is 2. The number of aliphatic hydroxyl groups excluding tert-OH is 1. The van der Waals surface area contributed by atoms with Crippen LogP contribution in [-0.2, 0) is 4.74 Å². The molecule has 2 fully saturated rings. The quantitative estimate of drug-likeness (QED) is 0.714. The van der Waals surface area contributed by atoms with Crippen LogP contribution < -0.4 is 5.73 Å². The molecule has 2 saturated heterocycles. The average molecular weight is 199 g/mol. The maximum absolute atomic E-state index is 9.15. The Labute approximate surface area is 85.6 Å². The van der Waals surface area contributed by atoms with Gasteiger partial charge in [-0.25, -0.2) is 0 Å². The van der Waals surface area contributed by atoms with Crippen molar-refractivity contribution in [2.75, 3.05) is 6.61 Å². The number of nitrogens with two attached hydrogens (primary N) is 1. The Balaban J connectivity index is 2.16. The van der Waals surface area contributed by atoms with Gasteiger partial charge in [-0.2, -0.15) is 0 Å². The summed E-state index contributed by atoms with van der Waals surface area (Å²) in [4.78, 5) is 0. The van der Waals surface area contributed by atoms with E-state index in [0.717, 1.165) is 25.7 Å². The van der Waals surface area contributed by atoms with E-state index in [1.54, 1.807) is 0 Å². The summed E-state index contributed by atoms with van der Waals surface area (Å²) in [6.45, 7) is 2.28. The van der Waals surface area contributed by atoms with E-state index in [1.165, 1.54) is 6.42 Å². The third-order valence-corrected chi connectivity index (χ3v) is 4.16. The molecule has 2 bridgehead atoms. The highest BCUT2D eigenvalue weighted by Crippen LogP contribution is 2.48. The van der Waals surface area contributed by atoms with Crippen LogP contribution in [0.15, 0.2) is 0 Å². The summed E-state index contributed by atoms with van der Waals surface area (Å²) in [6.07, 6.45) is 6.14. The zero-order chi connectivity index (χ0) is 10.2. The minimum Gasteiger partial charge on any atom is -0.396 e. The molecule has 0 spiro atoms. The first-order valence-corrected chi connectivity index (χ1v) is 5.71. The van der Waals surface area contributed by atoms with Gasteiger partial charge in [-0.1, -0.05) is 0 Å². The predicted octanol–water partition coefficient (Wildman–Crippen LogP) is 1.04. The van der Waals surface area contributed by atoms with E-state index in [4.69, 9.17) is 15.6 Å². The minimum absolute atomic E-state index is 0.0434. The molecule has 0 amide bonds. The molecule has 0 radical (unpaired) electrons. The summed E-state index contributed by atoms with van der Waals surface area (Å²) < 4.78 is 5.94. The third kappa shape index (κ3) is 1.47. The van der Waals surface area contributed by atoms with E-state index in [0.29, 0.717) is 12.2 Å². The number of ether oxygens (including phenoxy) is 1. The van der Waals surface area contributed by atoms with E-state index in [1.807, 2.05) is 0 Å². The van der Waals surface area contributed by atoms with E-state index in [2.05, 4.69) is 6.92 Å². The van der Waals surface area contributed by atoms with Crippen molar-refractivity contribution in [1.82, 2.24) is 0 Å². The van der Waals surface area contributed by atoms with E-state index < -0.39 is 0 Å². The van der Waals surface area contributed by atoms with Crippen LogP contribution in [0.5, 0.6) is 0 Å². The third-order valence-electron chi connectivity index (χ3n) is 4.16. The van der Waals surface area contributed by atoms with Crippen LogP contribution in [0.2, 0.25) is 0 Å². The fourth-order valence-electron chi connectivity index (χ4n) is 3.17. The largest absolute Gasteiger partial charge is 0.396 e. The van der Waals surface area contributed by atoms with Crippen LogP contribution in [-0.4, -0.2) is 30.0 Å². The fraction of sp³-hybridized carbons (Fsp3) is 1.00. The van der Waals surface area contributed by atoms with E-state index in [9.17, 15) is 0 Å². The summed E-state index contributed by atoms with van der Waals surface area (Å²) in [5.74, 6) is 0. The molecule has 0 aromatic heterocycles. The lowest BCUT2D eigenvalue weighted by Gasteiger charge is -2.45. The summed E-state index contributed by atoms with van der Waals surface area (Å²) in [5.41, 5.74) is 6.12. The zero-order valence-electron chi connectivity index (χ0n) is 8.91. The highest BCUT2D eigenvalue weighted by atomic mass is 16.5. The van der Waals surface area contributed by atoms with Gasteiger partial charge < -0.3 is 15.6 Å². The van der Waals surface area contributed by atoms with Crippen molar-refractivity contribution in [3.05, 3.63) is 0 Å². The van der Waals surface area contributed by atoms with Crippen molar-refractivity contribution in [2.45, 2.75) is 57.3 Å². The van der Waals surface area contributed by atoms with Crippen LogP contribution in [0, 0.1) is 5.41 Å². The predicted molar refractivity (Wildman–Crippen MR) is 54.9 cm³/mol. The van der Waals surface area contributed by atoms with Gasteiger partial charge in [-0.3, -0.25) is 0 Å². The van der Waals surface area contributed by atoms with Crippen LogP contribution in [0.4, 0.5) is 0 Å². The molecule has 82 valence electrons. The Kier molecular flexibility index (Phi) is 2.82. The summed E-state index contributed by atoms with van der Waals surface area (Å²) >= 11 is 0. The Morgan fingerprint density at radius 3 is 2.93 bits per heavy atom. The topological polar surface area (TPSA) is 55.5 Å². The second kappa shape index (κ2) is 3.80. The Morgan fingerprint density at radius 1 is 1.50 bits per heavy atom. The Hall–Kier alpha value is -0.120. The molecule has 0 aromatic carbocycles. The highest BCUT2D eigenvalue weighted by molar-refractivity contribution is 5.00. The monoisotopic (exact) mass is 199 g/mol.